The summed E-state index contributed by atoms with van der Waals surface area (Å²) in [5.41, 5.74) is 0.860. The smallest absolute Gasteiger partial charge is 0.410 e. The number of ether oxygens (including phenoxy) is 1. The van der Waals surface area contributed by atoms with Gasteiger partial charge in [-0.1, -0.05) is 23.7 Å². The third kappa shape index (κ3) is 4.37. The number of piperidine rings is 1. The Bertz CT molecular complexity index is 493. The van der Waals surface area contributed by atoms with Crippen LogP contribution in [-0.2, 0) is 4.74 Å². The van der Waals surface area contributed by atoms with Gasteiger partial charge in [0.05, 0.1) is 0 Å². The van der Waals surface area contributed by atoms with E-state index < -0.39 is 5.60 Å². The lowest BCUT2D eigenvalue weighted by Gasteiger charge is -2.38. The van der Waals surface area contributed by atoms with Crippen molar-refractivity contribution in [3.05, 3.63) is 34.9 Å². The Morgan fingerprint density at radius 2 is 1.90 bits per heavy atom. The van der Waals surface area contributed by atoms with Crippen LogP contribution in [0.5, 0.6) is 0 Å². The molecule has 2 rings (SSSR count). The number of halogens is 1. The molecule has 3 nitrogen and oxygen atoms in total. The van der Waals surface area contributed by atoms with E-state index in [-0.39, 0.29) is 12.1 Å². The molecule has 2 unspecified atom stereocenters. The fourth-order valence-corrected chi connectivity index (χ4v) is 2.93. The van der Waals surface area contributed by atoms with Crippen molar-refractivity contribution >= 4 is 17.7 Å². The Hall–Kier alpha value is -1.22. The third-order valence-corrected chi connectivity index (χ3v) is 4.10. The zero-order valence-electron chi connectivity index (χ0n) is 13.2. The van der Waals surface area contributed by atoms with Crippen molar-refractivity contribution in [1.82, 2.24) is 4.90 Å². The van der Waals surface area contributed by atoms with Gasteiger partial charge in [-0.2, -0.15) is 0 Å². The molecule has 2 atom stereocenters. The monoisotopic (exact) mass is 309 g/mol. The molecule has 0 aromatic heterocycles. The number of rotatable bonds is 1. The number of benzene rings is 1. The minimum Gasteiger partial charge on any atom is -0.444 e. The van der Waals surface area contributed by atoms with Gasteiger partial charge in [0, 0.05) is 17.6 Å². The number of hydrogen-bond donors (Lipinski definition) is 0. The quantitative estimate of drug-likeness (QED) is 0.742. The summed E-state index contributed by atoms with van der Waals surface area (Å²) in [6.07, 6.45) is 1.72. The summed E-state index contributed by atoms with van der Waals surface area (Å²) in [5.74, 6) is 0.482. The van der Waals surface area contributed by atoms with Crippen LogP contribution in [0.2, 0.25) is 5.02 Å². The first-order valence-electron chi connectivity index (χ1n) is 7.51. The minimum absolute atomic E-state index is 0.189. The summed E-state index contributed by atoms with van der Waals surface area (Å²) in [6.45, 7) is 8.53. The number of nitrogens with zero attached hydrogens (tertiary/aromatic N) is 1. The topological polar surface area (TPSA) is 29.5 Å². The van der Waals surface area contributed by atoms with Gasteiger partial charge in [-0.05, 0) is 64.2 Å². The second-order valence-electron chi connectivity index (χ2n) is 6.80. The normalized spacial score (nSPS) is 23.0. The highest BCUT2D eigenvalue weighted by Crippen LogP contribution is 2.32. The molecule has 1 aromatic carbocycles. The van der Waals surface area contributed by atoms with Crippen molar-refractivity contribution < 1.29 is 9.53 Å². The number of amides is 1. The van der Waals surface area contributed by atoms with Crippen LogP contribution >= 0.6 is 11.6 Å². The van der Waals surface area contributed by atoms with Crippen molar-refractivity contribution in [3.8, 4) is 0 Å². The molecule has 1 saturated heterocycles. The van der Waals surface area contributed by atoms with E-state index in [2.05, 4.69) is 19.1 Å². The molecule has 0 N–H and O–H groups in total. The predicted octanol–water partition coefficient (Wildman–Crippen LogP) is 4.84. The average molecular weight is 310 g/mol. The lowest BCUT2D eigenvalue weighted by molar-refractivity contribution is 0.0103. The van der Waals surface area contributed by atoms with Crippen molar-refractivity contribution in [2.45, 2.75) is 58.1 Å². The Kier molecular flexibility index (Phi) is 4.82. The highest BCUT2D eigenvalue weighted by molar-refractivity contribution is 6.30. The van der Waals surface area contributed by atoms with Gasteiger partial charge in [0.25, 0.3) is 0 Å². The molecule has 0 spiro atoms. The molecule has 1 fully saturated rings. The summed E-state index contributed by atoms with van der Waals surface area (Å²) < 4.78 is 5.47. The van der Waals surface area contributed by atoms with Crippen molar-refractivity contribution in [1.29, 1.82) is 0 Å². The molecule has 1 aliphatic rings. The second kappa shape index (κ2) is 6.27. The first-order chi connectivity index (χ1) is 9.76. The first-order valence-corrected chi connectivity index (χ1v) is 7.89. The average Bonchev–Trinajstić information content (AvgIpc) is 2.37. The number of carbonyl (C=O) groups is 1. The van der Waals surface area contributed by atoms with E-state index in [1.165, 1.54) is 5.56 Å². The summed E-state index contributed by atoms with van der Waals surface area (Å²) in [7, 11) is 0. The molecule has 1 aromatic rings. The lowest BCUT2D eigenvalue weighted by atomic mass is 9.86. The van der Waals surface area contributed by atoms with Crippen LogP contribution in [0.1, 0.15) is 52.0 Å². The van der Waals surface area contributed by atoms with Gasteiger partial charge >= 0.3 is 6.09 Å². The second-order valence-corrected chi connectivity index (χ2v) is 7.23. The molecule has 116 valence electrons. The van der Waals surface area contributed by atoms with Gasteiger partial charge < -0.3 is 9.64 Å². The van der Waals surface area contributed by atoms with Crippen LogP contribution < -0.4 is 0 Å². The van der Waals surface area contributed by atoms with Crippen LogP contribution in [0.4, 0.5) is 4.79 Å². The minimum atomic E-state index is -0.441. The molecule has 1 amide bonds. The van der Waals surface area contributed by atoms with Crippen LogP contribution in [0.3, 0.4) is 0 Å². The van der Waals surface area contributed by atoms with Gasteiger partial charge in [-0.3, -0.25) is 0 Å². The van der Waals surface area contributed by atoms with E-state index in [1.54, 1.807) is 0 Å². The molecule has 0 bridgehead atoms. The maximum absolute atomic E-state index is 12.2. The Balaban J connectivity index is 1.99. The predicted molar refractivity (Wildman–Crippen MR) is 85.8 cm³/mol. The Morgan fingerprint density at radius 3 is 2.43 bits per heavy atom. The van der Waals surface area contributed by atoms with E-state index in [9.17, 15) is 4.79 Å². The number of likely N-dealkylation sites (tertiary alicyclic amines) is 1. The van der Waals surface area contributed by atoms with E-state index in [1.807, 2.05) is 37.8 Å². The van der Waals surface area contributed by atoms with Gasteiger partial charge in [0.1, 0.15) is 5.60 Å². The summed E-state index contributed by atoms with van der Waals surface area (Å²) in [5, 5.41) is 0.762. The van der Waals surface area contributed by atoms with E-state index in [4.69, 9.17) is 16.3 Å². The molecule has 1 heterocycles. The molecule has 4 heteroatoms. The van der Waals surface area contributed by atoms with Crippen molar-refractivity contribution in [2.24, 2.45) is 0 Å². The van der Waals surface area contributed by atoms with E-state index >= 15 is 0 Å². The molecule has 0 radical (unpaired) electrons. The number of carbonyl (C=O) groups excluding carboxylic acids is 1. The zero-order valence-corrected chi connectivity index (χ0v) is 14.0. The standard InChI is InChI=1S/C17H24ClNO2/c1-12-11-14(13-5-7-15(18)8-6-13)9-10-19(12)16(20)21-17(2,3)4/h5-8,12,14H,9-11H2,1-4H3. The SMILES string of the molecule is CC1CC(c2ccc(Cl)cc2)CCN1C(=O)OC(C)(C)C. The molecule has 1 aliphatic heterocycles. The van der Waals surface area contributed by atoms with Crippen molar-refractivity contribution in [3.63, 3.8) is 0 Å². The van der Waals surface area contributed by atoms with E-state index in [0.717, 1.165) is 24.4 Å². The Labute approximate surface area is 132 Å². The molecule has 21 heavy (non-hydrogen) atoms. The first kappa shape index (κ1) is 16.2. The highest BCUT2D eigenvalue weighted by Gasteiger charge is 2.32. The van der Waals surface area contributed by atoms with Gasteiger partial charge in [-0.15, -0.1) is 0 Å². The van der Waals surface area contributed by atoms with Crippen LogP contribution in [0, 0.1) is 0 Å². The zero-order chi connectivity index (χ0) is 15.6. The summed E-state index contributed by atoms with van der Waals surface area (Å²) in [4.78, 5) is 14.0. The van der Waals surface area contributed by atoms with E-state index in [0.29, 0.717) is 5.92 Å². The molecular formula is C17H24ClNO2. The fourth-order valence-electron chi connectivity index (χ4n) is 2.80. The molecular weight excluding hydrogens is 286 g/mol. The Morgan fingerprint density at radius 1 is 1.29 bits per heavy atom. The van der Waals surface area contributed by atoms with Crippen LogP contribution in [0.15, 0.2) is 24.3 Å². The maximum Gasteiger partial charge on any atom is 0.410 e. The summed E-state index contributed by atoms with van der Waals surface area (Å²) in [6, 6.07) is 8.23. The summed E-state index contributed by atoms with van der Waals surface area (Å²) >= 11 is 5.94. The van der Waals surface area contributed by atoms with Crippen molar-refractivity contribution in [2.75, 3.05) is 6.54 Å². The van der Waals surface area contributed by atoms with Gasteiger partial charge in [-0.25, -0.2) is 4.79 Å². The van der Waals surface area contributed by atoms with Gasteiger partial charge in [0.2, 0.25) is 0 Å². The molecule has 0 aliphatic carbocycles. The van der Waals surface area contributed by atoms with Crippen LogP contribution in [-0.4, -0.2) is 29.2 Å². The maximum atomic E-state index is 12.2. The lowest BCUT2D eigenvalue weighted by Crippen LogP contribution is -2.46. The van der Waals surface area contributed by atoms with Gasteiger partial charge in [0.15, 0.2) is 0 Å². The third-order valence-electron chi connectivity index (χ3n) is 3.85. The fraction of sp³-hybridized carbons (Fsp3) is 0.588. The van der Waals surface area contributed by atoms with Crippen LogP contribution in [0.25, 0.3) is 0 Å². The largest absolute Gasteiger partial charge is 0.444 e. The number of hydrogen-bond acceptors (Lipinski definition) is 2. The molecule has 0 saturated carbocycles. The highest BCUT2D eigenvalue weighted by atomic mass is 35.5.